The molecule has 0 spiro atoms. The van der Waals surface area contributed by atoms with E-state index in [1.165, 1.54) is 10.4 Å². The quantitative estimate of drug-likeness (QED) is 0.817. The van der Waals surface area contributed by atoms with Crippen LogP contribution in [0.25, 0.3) is 0 Å². The fourth-order valence-corrected chi connectivity index (χ4v) is 4.58. The Morgan fingerprint density at radius 3 is 2.46 bits per heavy atom. The highest BCUT2D eigenvalue weighted by molar-refractivity contribution is 7.89. The number of benzene rings is 1. The molecule has 1 aliphatic carbocycles. The largest absolute Gasteiger partial charge is 0.352 e. The fraction of sp³-hybridized carbons (Fsp3) is 0.588. The highest BCUT2D eigenvalue weighted by Gasteiger charge is 2.24. The lowest BCUT2D eigenvalue weighted by Crippen LogP contribution is -2.32. The average molecular weight is 356 g/mol. The molecule has 1 fully saturated rings. The third kappa shape index (κ3) is 4.13. The average Bonchev–Trinajstić information content (AvgIpc) is 3.07. The maximum absolute atomic E-state index is 14.0. The van der Waals surface area contributed by atoms with Gasteiger partial charge < -0.3 is 5.32 Å². The summed E-state index contributed by atoms with van der Waals surface area (Å²) in [5, 5.41) is 2.73. The first-order valence-electron chi connectivity index (χ1n) is 8.48. The van der Waals surface area contributed by atoms with Gasteiger partial charge in [-0.15, -0.1) is 0 Å². The predicted molar refractivity (Wildman–Crippen MR) is 90.8 cm³/mol. The molecule has 1 amide bonds. The Bertz CT molecular complexity index is 681. The number of carbonyl (C=O) groups excluding carboxylic acids is 1. The SMILES string of the molecule is CCN(CC)S(=O)(=O)c1ccc(F)c(C(=O)NCC2CCCC2)c1. The van der Waals surface area contributed by atoms with Gasteiger partial charge >= 0.3 is 0 Å². The molecule has 0 unspecified atom stereocenters. The second kappa shape index (κ2) is 8.07. The van der Waals surface area contributed by atoms with Crippen molar-refractivity contribution < 1.29 is 17.6 Å². The van der Waals surface area contributed by atoms with E-state index < -0.39 is 21.7 Å². The molecule has 1 saturated carbocycles. The fourth-order valence-electron chi connectivity index (χ4n) is 3.10. The normalized spacial score (nSPS) is 15.8. The van der Waals surface area contributed by atoms with Crippen LogP contribution in [0.4, 0.5) is 4.39 Å². The van der Waals surface area contributed by atoms with Gasteiger partial charge in [0.15, 0.2) is 0 Å². The number of halogens is 1. The number of hydrogen-bond acceptors (Lipinski definition) is 3. The third-order valence-electron chi connectivity index (χ3n) is 4.55. The van der Waals surface area contributed by atoms with Crippen molar-refractivity contribution in [2.45, 2.75) is 44.4 Å². The second-order valence-electron chi connectivity index (χ2n) is 6.09. The van der Waals surface area contributed by atoms with Crippen molar-refractivity contribution in [3.63, 3.8) is 0 Å². The van der Waals surface area contributed by atoms with Crippen molar-refractivity contribution in [2.24, 2.45) is 5.92 Å². The van der Waals surface area contributed by atoms with Gasteiger partial charge in [-0.1, -0.05) is 26.7 Å². The van der Waals surface area contributed by atoms with Crippen LogP contribution >= 0.6 is 0 Å². The molecule has 1 aliphatic rings. The van der Waals surface area contributed by atoms with E-state index >= 15 is 0 Å². The van der Waals surface area contributed by atoms with Crippen molar-refractivity contribution in [3.05, 3.63) is 29.6 Å². The van der Waals surface area contributed by atoms with Crippen molar-refractivity contribution in [3.8, 4) is 0 Å². The van der Waals surface area contributed by atoms with E-state index in [4.69, 9.17) is 0 Å². The van der Waals surface area contributed by atoms with Crippen molar-refractivity contribution in [1.29, 1.82) is 0 Å². The minimum atomic E-state index is -3.72. The molecule has 0 heterocycles. The Hall–Kier alpha value is -1.47. The lowest BCUT2D eigenvalue weighted by molar-refractivity contribution is 0.0943. The van der Waals surface area contributed by atoms with Crippen LogP contribution in [0.15, 0.2) is 23.1 Å². The predicted octanol–water partition coefficient (Wildman–Crippen LogP) is 2.78. The van der Waals surface area contributed by atoms with Gasteiger partial charge in [0.2, 0.25) is 10.0 Å². The minimum Gasteiger partial charge on any atom is -0.352 e. The lowest BCUT2D eigenvalue weighted by Gasteiger charge is -2.19. The molecule has 0 aromatic heterocycles. The van der Waals surface area contributed by atoms with E-state index in [0.29, 0.717) is 25.6 Å². The maximum atomic E-state index is 14.0. The number of nitrogens with zero attached hydrogens (tertiary/aromatic N) is 1. The van der Waals surface area contributed by atoms with Crippen LogP contribution in [-0.2, 0) is 10.0 Å². The molecule has 1 N–H and O–H groups in total. The Balaban J connectivity index is 2.19. The highest BCUT2D eigenvalue weighted by atomic mass is 32.2. The smallest absolute Gasteiger partial charge is 0.254 e. The Morgan fingerprint density at radius 2 is 1.88 bits per heavy atom. The molecule has 1 aromatic carbocycles. The molecular formula is C17H25FN2O3S. The molecule has 1 aromatic rings. The van der Waals surface area contributed by atoms with Gasteiger partial charge in [-0.25, -0.2) is 12.8 Å². The van der Waals surface area contributed by atoms with Crippen LogP contribution < -0.4 is 5.32 Å². The van der Waals surface area contributed by atoms with Crippen LogP contribution in [-0.4, -0.2) is 38.3 Å². The molecule has 134 valence electrons. The molecule has 5 nitrogen and oxygen atoms in total. The molecule has 24 heavy (non-hydrogen) atoms. The van der Waals surface area contributed by atoms with E-state index in [2.05, 4.69) is 5.32 Å². The standard InChI is InChI=1S/C17H25FN2O3S/c1-3-20(4-2)24(22,23)14-9-10-16(18)15(11-14)17(21)19-12-13-7-5-6-8-13/h9-11,13H,3-8,12H2,1-2H3,(H,19,21). The molecule has 0 aliphatic heterocycles. The van der Waals surface area contributed by atoms with Gasteiger partial charge in [-0.3, -0.25) is 4.79 Å². The summed E-state index contributed by atoms with van der Waals surface area (Å²) in [5.74, 6) is -0.840. The number of nitrogens with one attached hydrogen (secondary N) is 1. The first kappa shape index (κ1) is 18.9. The van der Waals surface area contributed by atoms with Crippen LogP contribution in [0.3, 0.4) is 0 Å². The van der Waals surface area contributed by atoms with Gasteiger partial charge in [-0.05, 0) is 37.0 Å². The zero-order chi connectivity index (χ0) is 17.7. The first-order valence-corrected chi connectivity index (χ1v) is 9.92. The summed E-state index contributed by atoms with van der Waals surface area (Å²) in [6, 6.07) is 3.38. The van der Waals surface area contributed by atoms with Crippen LogP contribution in [0.5, 0.6) is 0 Å². The summed E-state index contributed by atoms with van der Waals surface area (Å²) in [7, 11) is -3.72. The number of hydrogen-bond donors (Lipinski definition) is 1. The maximum Gasteiger partial charge on any atom is 0.254 e. The topological polar surface area (TPSA) is 66.5 Å². The summed E-state index contributed by atoms with van der Waals surface area (Å²) >= 11 is 0. The highest BCUT2D eigenvalue weighted by Crippen LogP contribution is 2.24. The van der Waals surface area contributed by atoms with Crippen molar-refractivity contribution >= 4 is 15.9 Å². The van der Waals surface area contributed by atoms with E-state index in [0.717, 1.165) is 37.8 Å². The molecule has 0 atom stereocenters. The molecule has 2 rings (SSSR count). The summed E-state index contributed by atoms with van der Waals surface area (Å²) in [5.41, 5.74) is -0.221. The summed E-state index contributed by atoms with van der Waals surface area (Å²) in [6.07, 6.45) is 4.46. The summed E-state index contributed by atoms with van der Waals surface area (Å²) in [6.45, 7) is 4.61. The van der Waals surface area contributed by atoms with E-state index in [-0.39, 0.29) is 10.5 Å². The van der Waals surface area contributed by atoms with Gasteiger partial charge in [0.05, 0.1) is 10.5 Å². The molecule has 7 heteroatoms. The Kier molecular flexibility index (Phi) is 6.34. The number of carbonyl (C=O) groups is 1. The van der Waals surface area contributed by atoms with E-state index in [1.807, 2.05) is 0 Å². The van der Waals surface area contributed by atoms with E-state index in [9.17, 15) is 17.6 Å². The molecule has 0 saturated heterocycles. The number of sulfonamides is 1. The van der Waals surface area contributed by atoms with Crippen LogP contribution in [0.1, 0.15) is 49.9 Å². The Morgan fingerprint density at radius 1 is 1.25 bits per heavy atom. The monoisotopic (exact) mass is 356 g/mol. The van der Waals surface area contributed by atoms with Crippen LogP contribution in [0.2, 0.25) is 0 Å². The van der Waals surface area contributed by atoms with Crippen molar-refractivity contribution in [1.82, 2.24) is 9.62 Å². The molecule has 0 radical (unpaired) electrons. The van der Waals surface area contributed by atoms with Gasteiger partial charge in [0.1, 0.15) is 5.82 Å². The first-order chi connectivity index (χ1) is 11.4. The number of rotatable bonds is 7. The van der Waals surface area contributed by atoms with Crippen molar-refractivity contribution in [2.75, 3.05) is 19.6 Å². The molecule has 0 bridgehead atoms. The van der Waals surface area contributed by atoms with Gasteiger partial charge in [0, 0.05) is 19.6 Å². The van der Waals surface area contributed by atoms with Gasteiger partial charge in [0.25, 0.3) is 5.91 Å². The third-order valence-corrected chi connectivity index (χ3v) is 6.60. The summed E-state index contributed by atoms with van der Waals surface area (Å²) in [4.78, 5) is 12.2. The zero-order valence-corrected chi connectivity index (χ0v) is 15.0. The second-order valence-corrected chi connectivity index (χ2v) is 8.03. The Labute approximate surface area is 143 Å². The summed E-state index contributed by atoms with van der Waals surface area (Å²) < 4.78 is 40.3. The van der Waals surface area contributed by atoms with Gasteiger partial charge in [-0.2, -0.15) is 4.31 Å². The van der Waals surface area contributed by atoms with E-state index in [1.54, 1.807) is 13.8 Å². The zero-order valence-electron chi connectivity index (χ0n) is 14.2. The molecular weight excluding hydrogens is 331 g/mol. The minimum absolute atomic E-state index is 0.0568. The van der Waals surface area contributed by atoms with Crippen LogP contribution in [0, 0.1) is 11.7 Å². The lowest BCUT2D eigenvalue weighted by atomic mass is 10.1. The number of amides is 1.